The summed E-state index contributed by atoms with van der Waals surface area (Å²) in [7, 11) is 0. The molecule has 0 bridgehead atoms. The van der Waals surface area contributed by atoms with Gasteiger partial charge in [-0.15, -0.1) is 0 Å². The van der Waals surface area contributed by atoms with Crippen LogP contribution < -0.4 is 11.1 Å². The highest BCUT2D eigenvalue weighted by Crippen LogP contribution is 2.22. The van der Waals surface area contributed by atoms with Gasteiger partial charge in [0.05, 0.1) is 6.10 Å². The quantitative estimate of drug-likeness (QED) is 0.600. The van der Waals surface area contributed by atoms with Gasteiger partial charge in [0.1, 0.15) is 0 Å². The number of aliphatic hydroxyl groups excluding tert-OH is 1. The second kappa shape index (κ2) is 5.32. The molecule has 1 saturated carbocycles. The number of amides is 1. The minimum absolute atomic E-state index is 0.0426. The lowest BCUT2D eigenvalue weighted by molar-refractivity contribution is -0.126. The fourth-order valence-electron chi connectivity index (χ4n) is 1.86. The average Bonchev–Trinajstić information content (AvgIpc) is 2.14. The summed E-state index contributed by atoms with van der Waals surface area (Å²) in [6.07, 6.45) is 3.30. The van der Waals surface area contributed by atoms with Gasteiger partial charge in [-0.05, 0) is 26.2 Å². The molecular formula is C10H20N2O2. The molecule has 0 saturated heterocycles. The van der Waals surface area contributed by atoms with Gasteiger partial charge < -0.3 is 16.2 Å². The number of carbonyl (C=O) groups is 1. The molecular weight excluding hydrogens is 180 g/mol. The van der Waals surface area contributed by atoms with Crippen molar-refractivity contribution in [1.82, 2.24) is 5.32 Å². The standard InChI is InChI=1S/C10H20N2O2/c1-7(13)6-12-10(14)8-3-2-4-9(11)5-8/h7-9,13H,2-6,11H2,1H3,(H,12,14). The molecule has 0 spiro atoms. The lowest BCUT2D eigenvalue weighted by Crippen LogP contribution is -2.40. The van der Waals surface area contributed by atoms with Gasteiger partial charge >= 0.3 is 0 Å². The van der Waals surface area contributed by atoms with Gasteiger partial charge in [-0.1, -0.05) is 6.42 Å². The van der Waals surface area contributed by atoms with Gasteiger partial charge in [0.25, 0.3) is 0 Å². The van der Waals surface area contributed by atoms with Gasteiger partial charge in [-0.3, -0.25) is 4.79 Å². The summed E-state index contributed by atoms with van der Waals surface area (Å²) in [6, 6.07) is 0.172. The van der Waals surface area contributed by atoms with Crippen LogP contribution in [0.2, 0.25) is 0 Å². The monoisotopic (exact) mass is 200 g/mol. The highest BCUT2D eigenvalue weighted by atomic mass is 16.3. The molecule has 1 amide bonds. The number of carbonyl (C=O) groups excluding carboxylic acids is 1. The predicted octanol–water partition coefficient (Wildman–Crippen LogP) is 0.000900. The van der Waals surface area contributed by atoms with Gasteiger partial charge in [-0.2, -0.15) is 0 Å². The maximum Gasteiger partial charge on any atom is 0.223 e. The van der Waals surface area contributed by atoms with E-state index in [1.165, 1.54) is 0 Å². The van der Waals surface area contributed by atoms with E-state index in [9.17, 15) is 4.79 Å². The third-order valence-corrected chi connectivity index (χ3v) is 2.66. The Morgan fingerprint density at radius 3 is 2.93 bits per heavy atom. The van der Waals surface area contributed by atoms with Crippen molar-refractivity contribution >= 4 is 5.91 Å². The second-order valence-electron chi connectivity index (χ2n) is 4.22. The summed E-state index contributed by atoms with van der Waals surface area (Å²) < 4.78 is 0. The van der Waals surface area contributed by atoms with Crippen LogP contribution in [-0.4, -0.2) is 29.7 Å². The maximum atomic E-state index is 11.6. The molecule has 3 unspecified atom stereocenters. The Bertz CT molecular complexity index is 195. The Labute approximate surface area is 84.9 Å². The summed E-state index contributed by atoms with van der Waals surface area (Å²) >= 11 is 0. The number of rotatable bonds is 3. The summed E-state index contributed by atoms with van der Waals surface area (Å²) in [6.45, 7) is 2.00. The van der Waals surface area contributed by atoms with Crippen molar-refractivity contribution < 1.29 is 9.90 Å². The van der Waals surface area contributed by atoms with E-state index >= 15 is 0 Å². The molecule has 1 fully saturated rings. The van der Waals surface area contributed by atoms with Gasteiger partial charge in [-0.25, -0.2) is 0 Å². The molecule has 3 atom stereocenters. The lowest BCUT2D eigenvalue weighted by atomic mass is 9.85. The number of hydrogen-bond acceptors (Lipinski definition) is 3. The maximum absolute atomic E-state index is 11.6. The minimum Gasteiger partial charge on any atom is -0.392 e. The zero-order valence-electron chi connectivity index (χ0n) is 8.70. The van der Waals surface area contributed by atoms with Crippen molar-refractivity contribution in [2.45, 2.75) is 44.8 Å². The van der Waals surface area contributed by atoms with Gasteiger partial charge in [0, 0.05) is 18.5 Å². The fraction of sp³-hybridized carbons (Fsp3) is 0.900. The largest absolute Gasteiger partial charge is 0.392 e. The van der Waals surface area contributed by atoms with Crippen molar-refractivity contribution in [2.75, 3.05) is 6.54 Å². The molecule has 14 heavy (non-hydrogen) atoms. The van der Waals surface area contributed by atoms with E-state index in [4.69, 9.17) is 10.8 Å². The number of aliphatic hydroxyl groups is 1. The van der Waals surface area contributed by atoms with Crippen LogP contribution in [0.1, 0.15) is 32.6 Å². The average molecular weight is 200 g/mol. The Hall–Kier alpha value is -0.610. The third kappa shape index (κ3) is 3.64. The first kappa shape index (κ1) is 11.5. The first-order valence-electron chi connectivity index (χ1n) is 5.31. The predicted molar refractivity (Wildman–Crippen MR) is 54.6 cm³/mol. The van der Waals surface area contributed by atoms with E-state index in [1.54, 1.807) is 6.92 Å². The van der Waals surface area contributed by atoms with Crippen molar-refractivity contribution in [3.63, 3.8) is 0 Å². The van der Waals surface area contributed by atoms with Crippen LogP contribution in [0, 0.1) is 5.92 Å². The topological polar surface area (TPSA) is 75.3 Å². The first-order chi connectivity index (χ1) is 6.59. The Balaban J connectivity index is 2.29. The molecule has 82 valence electrons. The normalized spacial score (nSPS) is 29.6. The Morgan fingerprint density at radius 2 is 2.36 bits per heavy atom. The molecule has 1 aliphatic rings. The SMILES string of the molecule is CC(O)CNC(=O)C1CCCC(N)C1. The van der Waals surface area contributed by atoms with E-state index in [2.05, 4.69) is 5.32 Å². The summed E-state index contributed by atoms with van der Waals surface area (Å²) in [5, 5.41) is 11.7. The van der Waals surface area contributed by atoms with Crippen molar-refractivity contribution in [2.24, 2.45) is 11.7 Å². The molecule has 4 heteroatoms. The smallest absolute Gasteiger partial charge is 0.223 e. The molecule has 4 N–H and O–H groups in total. The third-order valence-electron chi connectivity index (χ3n) is 2.66. The van der Waals surface area contributed by atoms with Crippen molar-refractivity contribution in [3.05, 3.63) is 0 Å². The molecule has 0 aromatic carbocycles. The number of hydrogen-bond donors (Lipinski definition) is 3. The van der Waals surface area contributed by atoms with E-state index in [0.717, 1.165) is 25.7 Å². The zero-order valence-corrected chi connectivity index (χ0v) is 8.70. The van der Waals surface area contributed by atoms with Gasteiger partial charge in [0.15, 0.2) is 0 Å². The van der Waals surface area contributed by atoms with Crippen molar-refractivity contribution in [1.29, 1.82) is 0 Å². The molecule has 1 rings (SSSR count). The number of nitrogens with one attached hydrogen (secondary N) is 1. The molecule has 1 aliphatic carbocycles. The van der Waals surface area contributed by atoms with Gasteiger partial charge in [0.2, 0.25) is 5.91 Å². The molecule has 0 aliphatic heterocycles. The second-order valence-corrected chi connectivity index (χ2v) is 4.22. The highest BCUT2D eigenvalue weighted by Gasteiger charge is 2.24. The van der Waals surface area contributed by atoms with Crippen LogP contribution in [0.25, 0.3) is 0 Å². The zero-order chi connectivity index (χ0) is 10.6. The number of nitrogens with two attached hydrogens (primary N) is 1. The first-order valence-corrected chi connectivity index (χ1v) is 5.31. The lowest BCUT2D eigenvalue weighted by Gasteiger charge is -2.25. The molecule has 0 aromatic rings. The van der Waals surface area contributed by atoms with E-state index in [1.807, 2.05) is 0 Å². The Kier molecular flexibility index (Phi) is 4.35. The van der Waals surface area contributed by atoms with E-state index in [0.29, 0.717) is 6.54 Å². The molecule has 0 radical (unpaired) electrons. The van der Waals surface area contributed by atoms with Crippen LogP contribution in [-0.2, 0) is 4.79 Å². The van der Waals surface area contributed by atoms with Crippen LogP contribution >= 0.6 is 0 Å². The summed E-state index contributed by atoms with van der Waals surface area (Å²) in [5.41, 5.74) is 5.79. The summed E-state index contributed by atoms with van der Waals surface area (Å²) in [5.74, 6) is 0.0959. The Morgan fingerprint density at radius 1 is 1.64 bits per heavy atom. The molecule has 4 nitrogen and oxygen atoms in total. The fourth-order valence-corrected chi connectivity index (χ4v) is 1.86. The van der Waals surface area contributed by atoms with Crippen LogP contribution in [0.5, 0.6) is 0 Å². The van der Waals surface area contributed by atoms with Crippen LogP contribution in [0.15, 0.2) is 0 Å². The summed E-state index contributed by atoms with van der Waals surface area (Å²) in [4.78, 5) is 11.6. The van der Waals surface area contributed by atoms with Crippen LogP contribution in [0.4, 0.5) is 0 Å². The highest BCUT2D eigenvalue weighted by molar-refractivity contribution is 5.78. The van der Waals surface area contributed by atoms with Crippen molar-refractivity contribution in [3.8, 4) is 0 Å². The minimum atomic E-state index is -0.476. The van der Waals surface area contributed by atoms with E-state index < -0.39 is 6.10 Å². The molecule has 0 heterocycles. The van der Waals surface area contributed by atoms with E-state index in [-0.39, 0.29) is 17.9 Å². The van der Waals surface area contributed by atoms with Crippen LogP contribution in [0.3, 0.4) is 0 Å². The molecule has 0 aromatic heterocycles.